The van der Waals surface area contributed by atoms with Gasteiger partial charge < -0.3 is 14.0 Å². The standard InChI is InChI=1S/C17H32O3Si/c1-13(2)12-16(20-21(6,7)17(3,4)5)15-9-8-14(19-15)10-11-18/h11-12,14-16H,8-10H2,1-7H3/t14-,15-,16-/m1/s1. The number of hydrogen-bond acceptors (Lipinski definition) is 3. The molecule has 21 heavy (non-hydrogen) atoms. The normalized spacial score (nSPS) is 24.7. The Kier molecular flexibility index (Phi) is 6.38. The summed E-state index contributed by atoms with van der Waals surface area (Å²) in [5.41, 5.74) is 1.25. The van der Waals surface area contributed by atoms with Crippen molar-refractivity contribution in [2.24, 2.45) is 0 Å². The number of ether oxygens (including phenoxy) is 1. The average molecular weight is 313 g/mol. The van der Waals surface area contributed by atoms with Gasteiger partial charge in [-0.25, -0.2) is 0 Å². The first-order valence-electron chi connectivity index (χ1n) is 7.99. The molecule has 0 spiro atoms. The van der Waals surface area contributed by atoms with Gasteiger partial charge in [0.15, 0.2) is 8.32 Å². The number of rotatable bonds is 6. The van der Waals surface area contributed by atoms with E-state index >= 15 is 0 Å². The zero-order chi connectivity index (χ0) is 16.3. The smallest absolute Gasteiger partial charge is 0.193 e. The van der Waals surface area contributed by atoms with Crippen molar-refractivity contribution >= 4 is 14.6 Å². The van der Waals surface area contributed by atoms with E-state index in [0.717, 1.165) is 19.1 Å². The second-order valence-corrected chi connectivity index (χ2v) is 12.6. The molecule has 1 aliphatic heterocycles. The molecule has 0 saturated carbocycles. The summed E-state index contributed by atoms with van der Waals surface area (Å²) in [6.07, 6.45) is 5.73. The molecule has 0 aromatic carbocycles. The SMILES string of the molecule is CC(C)=C[C@@H](O[Si](C)(C)C(C)(C)C)[C@H]1CC[C@H](CC=O)O1. The fourth-order valence-electron chi connectivity index (χ4n) is 2.32. The lowest BCUT2D eigenvalue weighted by Gasteiger charge is -2.40. The first-order chi connectivity index (χ1) is 9.56. The lowest BCUT2D eigenvalue weighted by Crippen LogP contribution is -2.46. The van der Waals surface area contributed by atoms with Gasteiger partial charge in [-0.05, 0) is 44.8 Å². The van der Waals surface area contributed by atoms with Crippen molar-refractivity contribution in [3.8, 4) is 0 Å². The third-order valence-corrected chi connectivity index (χ3v) is 9.07. The molecular formula is C17H32O3Si. The molecule has 1 rings (SSSR count). The molecule has 0 aromatic rings. The Hall–Kier alpha value is -0.453. The van der Waals surface area contributed by atoms with Crippen LogP contribution in [0.2, 0.25) is 18.1 Å². The Morgan fingerprint density at radius 2 is 1.95 bits per heavy atom. The van der Waals surface area contributed by atoms with E-state index in [1.807, 2.05) is 0 Å². The van der Waals surface area contributed by atoms with Crippen LogP contribution < -0.4 is 0 Å². The van der Waals surface area contributed by atoms with Crippen LogP contribution in [0, 0.1) is 0 Å². The molecule has 0 radical (unpaired) electrons. The summed E-state index contributed by atoms with van der Waals surface area (Å²) in [6.45, 7) is 15.5. The van der Waals surface area contributed by atoms with E-state index in [9.17, 15) is 4.79 Å². The maximum absolute atomic E-state index is 10.7. The molecule has 1 aliphatic rings. The van der Waals surface area contributed by atoms with Gasteiger partial charge in [0, 0.05) is 6.42 Å². The number of hydrogen-bond donors (Lipinski definition) is 0. The lowest BCUT2D eigenvalue weighted by molar-refractivity contribution is -0.110. The summed E-state index contributed by atoms with van der Waals surface area (Å²) in [5.74, 6) is 0. The Morgan fingerprint density at radius 1 is 1.33 bits per heavy atom. The van der Waals surface area contributed by atoms with Crippen LogP contribution >= 0.6 is 0 Å². The molecule has 0 aromatic heterocycles. The maximum atomic E-state index is 10.7. The predicted molar refractivity (Wildman–Crippen MR) is 90.1 cm³/mol. The number of aldehydes is 1. The van der Waals surface area contributed by atoms with E-state index in [1.54, 1.807) is 0 Å². The van der Waals surface area contributed by atoms with Gasteiger partial charge in [0.1, 0.15) is 6.29 Å². The number of carbonyl (C=O) groups excluding carboxylic acids is 1. The highest BCUT2D eigenvalue weighted by Crippen LogP contribution is 2.39. The highest BCUT2D eigenvalue weighted by atomic mass is 28.4. The van der Waals surface area contributed by atoms with E-state index in [0.29, 0.717) is 6.42 Å². The van der Waals surface area contributed by atoms with Crippen molar-refractivity contribution < 1.29 is 14.0 Å². The topological polar surface area (TPSA) is 35.5 Å². The lowest BCUT2D eigenvalue weighted by atomic mass is 10.1. The van der Waals surface area contributed by atoms with Crippen LogP contribution in [-0.2, 0) is 14.0 Å². The van der Waals surface area contributed by atoms with Crippen LogP contribution in [0.3, 0.4) is 0 Å². The molecule has 0 aliphatic carbocycles. The van der Waals surface area contributed by atoms with E-state index in [2.05, 4.69) is 53.8 Å². The van der Waals surface area contributed by atoms with Crippen LogP contribution in [0.15, 0.2) is 11.6 Å². The Bertz CT molecular complexity index is 378. The second kappa shape index (κ2) is 7.21. The summed E-state index contributed by atoms with van der Waals surface area (Å²) in [7, 11) is -1.84. The van der Waals surface area contributed by atoms with Crippen LogP contribution in [0.1, 0.15) is 53.9 Å². The summed E-state index contributed by atoms with van der Waals surface area (Å²) in [6, 6.07) is 0. The minimum Gasteiger partial charge on any atom is -0.408 e. The molecule has 1 saturated heterocycles. The van der Waals surface area contributed by atoms with Crippen molar-refractivity contribution in [3.63, 3.8) is 0 Å². The van der Waals surface area contributed by atoms with Crippen LogP contribution in [0.5, 0.6) is 0 Å². The largest absolute Gasteiger partial charge is 0.408 e. The maximum Gasteiger partial charge on any atom is 0.193 e. The summed E-state index contributed by atoms with van der Waals surface area (Å²) < 4.78 is 12.6. The molecule has 4 heteroatoms. The molecule has 0 amide bonds. The molecule has 122 valence electrons. The van der Waals surface area contributed by atoms with E-state index in [4.69, 9.17) is 9.16 Å². The second-order valence-electron chi connectivity index (χ2n) is 7.86. The van der Waals surface area contributed by atoms with Crippen molar-refractivity contribution in [1.29, 1.82) is 0 Å². The molecule has 3 nitrogen and oxygen atoms in total. The molecule has 0 N–H and O–H groups in total. The van der Waals surface area contributed by atoms with E-state index in [-0.39, 0.29) is 23.4 Å². The summed E-state index contributed by atoms with van der Waals surface area (Å²) in [5, 5.41) is 0.182. The molecule has 3 atom stereocenters. The fraction of sp³-hybridized carbons (Fsp3) is 0.824. The molecule has 0 bridgehead atoms. The molecule has 1 heterocycles. The van der Waals surface area contributed by atoms with Gasteiger partial charge in [-0.1, -0.05) is 32.4 Å². The van der Waals surface area contributed by atoms with E-state index in [1.165, 1.54) is 5.57 Å². The number of allylic oxidation sites excluding steroid dienone is 1. The van der Waals surface area contributed by atoms with Crippen molar-refractivity contribution in [3.05, 3.63) is 11.6 Å². The minimum atomic E-state index is -1.84. The first-order valence-corrected chi connectivity index (χ1v) is 10.9. The Balaban J connectivity index is 2.83. The van der Waals surface area contributed by atoms with Crippen LogP contribution in [0.25, 0.3) is 0 Å². The summed E-state index contributed by atoms with van der Waals surface area (Å²) in [4.78, 5) is 10.7. The van der Waals surface area contributed by atoms with E-state index < -0.39 is 8.32 Å². The van der Waals surface area contributed by atoms with Gasteiger partial charge in [0.2, 0.25) is 0 Å². The van der Waals surface area contributed by atoms with Gasteiger partial charge >= 0.3 is 0 Å². The van der Waals surface area contributed by atoms with Crippen molar-refractivity contribution in [2.75, 3.05) is 0 Å². The number of carbonyl (C=O) groups is 1. The highest BCUT2D eigenvalue weighted by Gasteiger charge is 2.41. The third-order valence-electron chi connectivity index (χ3n) is 4.60. The van der Waals surface area contributed by atoms with Crippen LogP contribution in [0.4, 0.5) is 0 Å². The van der Waals surface area contributed by atoms with Gasteiger partial charge in [0.25, 0.3) is 0 Å². The predicted octanol–water partition coefficient (Wildman–Crippen LogP) is 4.48. The zero-order valence-corrected chi connectivity index (χ0v) is 15.7. The van der Waals surface area contributed by atoms with Gasteiger partial charge in [-0.15, -0.1) is 0 Å². The van der Waals surface area contributed by atoms with Crippen molar-refractivity contribution in [1.82, 2.24) is 0 Å². The molecule has 1 fully saturated rings. The van der Waals surface area contributed by atoms with Crippen LogP contribution in [-0.4, -0.2) is 32.9 Å². The average Bonchev–Trinajstić information content (AvgIpc) is 2.74. The molecule has 0 unspecified atom stereocenters. The molecular weight excluding hydrogens is 280 g/mol. The Labute approximate surface area is 131 Å². The quantitative estimate of drug-likeness (QED) is 0.412. The fourth-order valence-corrected chi connectivity index (χ4v) is 3.57. The summed E-state index contributed by atoms with van der Waals surface area (Å²) >= 11 is 0. The van der Waals surface area contributed by atoms with Gasteiger partial charge in [-0.3, -0.25) is 0 Å². The van der Waals surface area contributed by atoms with Crippen molar-refractivity contribution in [2.45, 2.75) is 90.3 Å². The first kappa shape index (κ1) is 18.6. The highest BCUT2D eigenvalue weighted by molar-refractivity contribution is 6.74. The monoisotopic (exact) mass is 312 g/mol. The van der Waals surface area contributed by atoms with Gasteiger partial charge in [0.05, 0.1) is 18.3 Å². The zero-order valence-electron chi connectivity index (χ0n) is 14.7. The minimum absolute atomic E-state index is 0.00698. The Morgan fingerprint density at radius 3 is 2.43 bits per heavy atom. The van der Waals surface area contributed by atoms with Gasteiger partial charge in [-0.2, -0.15) is 0 Å². The third kappa shape index (κ3) is 5.35.